The summed E-state index contributed by atoms with van der Waals surface area (Å²) in [7, 11) is 0. The molecule has 1 saturated heterocycles. The monoisotopic (exact) mass is 370 g/mol. The third kappa shape index (κ3) is 4.69. The van der Waals surface area contributed by atoms with Crippen molar-refractivity contribution in [3.8, 4) is 0 Å². The smallest absolute Gasteiger partial charge is 0.237 e. The number of hydrogen-bond acceptors (Lipinski definition) is 3. The van der Waals surface area contributed by atoms with E-state index < -0.39 is 0 Å². The van der Waals surface area contributed by atoms with E-state index in [2.05, 4.69) is 27.3 Å². The number of para-hydroxylation sites is 1. The normalized spacial score (nSPS) is 16.9. The summed E-state index contributed by atoms with van der Waals surface area (Å²) >= 11 is 0. The van der Waals surface area contributed by atoms with Crippen molar-refractivity contribution in [3.05, 3.63) is 36.0 Å². The first kappa shape index (κ1) is 19.4. The highest BCUT2D eigenvalue weighted by atomic mass is 16.2. The number of rotatable bonds is 6. The van der Waals surface area contributed by atoms with Gasteiger partial charge in [-0.05, 0) is 31.4 Å². The summed E-state index contributed by atoms with van der Waals surface area (Å²) in [5.74, 6) is 0.262. The van der Waals surface area contributed by atoms with Gasteiger partial charge in [-0.3, -0.25) is 14.5 Å². The number of fused-ring (bicyclic) bond motifs is 1. The number of aromatic amines is 1. The molecule has 27 heavy (non-hydrogen) atoms. The van der Waals surface area contributed by atoms with Crippen LogP contribution in [-0.2, 0) is 16.0 Å². The Morgan fingerprint density at radius 2 is 2.00 bits per heavy atom. The van der Waals surface area contributed by atoms with Crippen LogP contribution in [0.4, 0.5) is 0 Å². The van der Waals surface area contributed by atoms with Crippen molar-refractivity contribution in [1.29, 1.82) is 0 Å². The second kappa shape index (κ2) is 9.04. The second-order valence-electron chi connectivity index (χ2n) is 7.20. The fourth-order valence-corrected chi connectivity index (χ4v) is 3.77. The lowest BCUT2D eigenvalue weighted by atomic mass is 10.1. The molecule has 2 amide bonds. The SMILES string of the molecule is CCC(=O)N1CCCN(C(C)C(=O)NCCc2c[nH]c3ccccc23)CC1. The van der Waals surface area contributed by atoms with Gasteiger partial charge in [-0.25, -0.2) is 0 Å². The predicted octanol–water partition coefficient (Wildman–Crippen LogP) is 2.16. The van der Waals surface area contributed by atoms with Gasteiger partial charge in [-0.15, -0.1) is 0 Å². The highest BCUT2D eigenvalue weighted by Gasteiger charge is 2.25. The van der Waals surface area contributed by atoms with Crippen molar-refractivity contribution in [2.45, 2.75) is 39.2 Å². The Morgan fingerprint density at radius 1 is 1.19 bits per heavy atom. The number of benzene rings is 1. The van der Waals surface area contributed by atoms with Crippen molar-refractivity contribution < 1.29 is 9.59 Å². The summed E-state index contributed by atoms with van der Waals surface area (Å²) < 4.78 is 0. The molecule has 146 valence electrons. The third-order valence-corrected chi connectivity index (χ3v) is 5.48. The minimum absolute atomic E-state index is 0.0603. The summed E-state index contributed by atoms with van der Waals surface area (Å²) in [6, 6.07) is 8.04. The Morgan fingerprint density at radius 3 is 2.81 bits per heavy atom. The number of nitrogens with zero attached hydrogens (tertiary/aromatic N) is 2. The number of carbonyl (C=O) groups excluding carboxylic acids is 2. The first-order valence-electron chi connectivity index (χ1n) is 9.94. The summed E-state index contributed by atoms with van der Waals surface area (Å²) in [4.78, 5) is 31.9. The number of amides is 2. The van der Waals surface area contributed by atoms with Crippen LogP contribution in [0.25, 0.3) is 10.9 Å². The van der Waals surface area contributed by atoms with Gasteiger partial charge in [0.1, 0.15) is 0 Å². The van der Waals surface area contributed by atoms with Crippen molar-refractivity contribution in [2.75, 3.05) is 32.7 Å². The molecule has 2 aromatic rings. The van der Waals surface area contributed by atoms with Gasteiger partial charge in [0.05, 0.1) is 6.04 Å². The van der Waals surface area contributed by atoms with Crippen LogP contribution in [0.3, 0.4) is 0 Å². The maximum Gasteiger partial charge on any atom is 0.237 e. The largest absolute Gasteiger partial charge is 0.361 e. The van der Waals surface area contributed by atoms with Crippen LogP contribution in [0.1, 0.15) is 32.3 Å². The molecule has 0 bridgehead atoms. The third-order valence-electron chi connectivity index (χ3n) is 5.48. The molecular weight excluding hydrogens is 340 g/mol. The molecule has 0 saturated carbocycles. The zero-order valence-electron chi connectivity index (χ0n) is 16.3. The van der Waals surface area contributed by atoms with E-state index in [1.807, 2.05) is 37.1 Å². The molecule has 6 nitrogen and oxygen atoms in total. The predicted molar refractivity (Wildman–Crippen MR) is 108 cm³/mol. The van der Waals surface area contributed by atoms with Gasteiger partial charge in [0.25, 0.3) is 0 Å². The van der Waals surface area contributed by atoms with Crippen LogP contribution < -0.4 is 5.32 Å². The number of nitrogens with one attached hydrogen (secondary N) is 2. The van der Waals surface area contributed by atoms with E-state index >= 15 is 0 Å². The minimum atomic E-state index is -0.176. The fraction of sp³-hybridized carbons (Fsp3) is 0.524. The zero-order valence-corrected chi connectivity index (χ0v) is 16.3. The molecule has 2 N–H and O–H groups in total. The molecule has 1 unspecified atom stereocenters. The number of carbonyl (C=O) groups is 2. The van der Waals surface area contributed by atoms with Gasteiger partial charge in [-0.2, -0.15) is 0 Å². The van der Waals surface area contributed by atoms with Gasteiger partial charge in [0.2, 0.25) is 11.8 Å². The van der Waals surface area contributed by atoms with Gasteiger partial charge >= 0.3 is 0 Å². The molecule has 6 heteroatoms. The van der Waals surface area contributed by atoms with Crippen LogP contribution >= 0.6 is 0 Å². The van der Waals surface area contributed by atoms with Gasteiger partial charge in [0, 0.05) is 56.2 Å². The summed E-state index contributed by atoms with van der Waals surface area (Å²) in [5, 5.41) is 4.29. The molecule has 0 aliphatic carbocycles. The molecule has 3 rings (SSSR count). The van der Waals surface area contributed by atoms with E-state index in [1.165, 1.54) is 10.9 Å². The standard InChI is InChI=1S/C21H30N4O2/c1-3-20(26)25-12-6-11-24(13-14-25)16(2)21(27)22-10-9-17-15-23-19-8-5-4-7-18(17)19/h4-5,7-8,15-16,23H,3,6,9-14H2,1-2H3,(H,22,27). The average Bonchev–Trinajstić information content (AvgIpc) is 2.94. The van der Waals surface area contributed by atoms with E-state index in [4.69, 9.17) is 0 Å². The van der Waals surface area contributed by atoms with Crippen molar-refractivity contribution in [3.63, 3.8) is 0 Å². The van der Waals surface area contributed by atoms with E-state index in [-0.39, 0.29) is 17.9 Å². The highest BCUT2D eigenvalue weighted by Crippen LogP contribution is 2.17. The lowest BCUT2D eigenvalue weighted by molar-refractivity contribution is -0.130. The van der Waals surface area contributed by atoms with Crippen molar-refractivity contribution in [2.24, 2.45) is 0 Å². The van der Waals surface area contributed by atoms with Gasteiger partial charge < -0.3 is 15.2 Å². The second-order valence-corrected chi connectivity index (χ2v) is 7.20. The maximum absolute atomic E-state index is 12.6. The minimum Gasteiger partial charge on any atom is -0.361 e. The van der Waals surface area contributed by atoms with Crippen molar-refractivity contribution in [1.82, 2.24) is 20.1 Å². The number of hydrogen-bond donors (Lipinski definition) is 2. The number of H-pyrrole nitrogens is 1. The molecule has 1 aliphatic heterocycles. The van der Waals surface area contributed by atoms with E-state index in [1.54, 1.807) is 0 Å². The Hall–Kier alpha value is -2.34. The van der Waals surface area contributed by atoms with Crippen LogP contribution in [0.5, 0.6) is 0 Å². The molecule has 2 heterocycles. The Balaban J connectivity index is 1.48. The lowest BCUT2D eigenvalue weighted by Crippen LogP contribution is -2.47. The lowest BCUT2D eigenvalue weighted by Gasteiger charge is -2.27. The summed E-state index contributed by atoms with van der Waals surface area (Å²) in [6.45, 7) is 7.58. The van der Waals surface area contributed by atoms with Crippen molar-refractivity contribution >= 4 is 22.7 Å². The molecule has 0 radical (unpaired) electrons. The molecule has 1 aliphatic rings. The first-order chi connectivity index (χ1) is 13.1. The summed E-state index contributed by atoms with van der Waals surface area (Å²) in [6.07, 6.45) is 4.29. The van der Waals surface area contributed by atoms with Crippen LogP contribution in [0.15, 0.2) is 30.5 Å². The molecule has 1 atom stereocenters. The van der Waals surface area contributed by atoms with E-state index in [0.717, 1.165) is 38.0 Å². The Labute approximate surface area is 160 Å². The van der Waals surface area contributed by atoms with Crippen LogP contribution in [0, 0.1) is 0 Å². The van der Waals surface area contributed by atoms with Gasteiger partial charge in [0.15, 0.2) is 0 Å². The molecular formula is C21H30N4O2. The molecule has 1 aromatic heterocycles. The Bertz CT molecular complexity index is 785. The molecule has 0 spiro atoms. The van der Waals surface area contributed by atoms with Crippen LogP contribution in [-0.4, -0.2) is 65.4 Å². The topological polar surface area (TPSA) is 68.4 Å². The maximum atomic E-state index is 12.6. The quantitative estimate of drug-likeness (QED) is 0.819. The Kier molecular flexibility index (Phi) is 6.50. The first-order valence-corrected chi connectivity index (χ1v) is 9.94. The van der Waals surface area contributed by atoms with E-state index in [0.29, 0.717) is 19.5 Å². The fourth-order valence-electron chi connectivity index (χ4n) is 3.77. The molecule has 1 fully saturated rings. The number of aromatic nitrogens is 1. The average molecular weight is 370 g/mol. The highest BCUT2D eigenvalue weighted by molar-refractivity contribution is 5.83. The van der Waals surface area contributed by atoms with Gasteiger partial charge in [-0.1, -0.05) is 25.1 Å². The zero-order chi connectivity index (χ0) is 19.2. The van der Waals surface area contributed by atoms with Crippen LogP contribution in [0.2, 0.25) is 0 Å². The summed E-state index contributed by atoms with van der Waals surface area (Å²) in [5.41, 5.74) is 2.35. The van der Waals surface area contributed by atoms with E-state index in [9.17, 15) is 9.59 Å². The molecule has 1 aromatic carbocycles.